The molecule has 2 heterocycles. The predicted molar refractivity (Wildman–Crippen MR) is 109 cm³/mol. The molecule has 3 rings (SSSR count). The molecule has 6 nitrogen and oxygen atoms in total. The summed E-state index contributed by atoms with van der Waals surface area (Å²) in [5.74, 6) is 1.18. The maximum absolute atomic E-state index is 12.1. The zero-order chi connectivity index (χ0) is 19.1. The fraction of sp³-hybridized carbons (Fsp3) is 0.619. The van der Waals surface area contributed by atoms with Gasteiger partial charge in [0.05, 0.1) is 6.10 Å². The highest BCUT2D eigenvalue weighted by Gasteiger charge is 2.22. The molecule has 0 bridgehead atoms. The molecule has 2 fully saturated rings. The van der Waals surface area contributed by atoms with Crippen molar-refractivity contribution in [2.75, 3.05) is 38.2 Å². The monoisotopic (exact) mass is 372 g/mol. The van der Waals surface area contributed by atoms with Crippen molar-refractivity contribution in [2.24, 2.45) is 4.99 Å². The van der Waals surface area contributed by atoms with E-state index in [0.29, 0.717) is 12.5 Å². The lowest BCUT2D eigenvalue weighted by Gasteiger charge is -2.34. The van der Waals surface area contributed by atoms with Crippen LogP contribution in [0.25, 0.3) is 0 Å². The quantitative estimate of drug-likeness (QED) is 0.638. The Labute approximate surface area is 162 Å². The number of carbonyl (C=O) groups excluding carboxylic acids is 1. The number of hydrogen-bond donors (Lipinski definition) is 1. The molecule has 148 valence electrons. The van der Waals surface area contributed by atoms with Gasteiger partial charge in [-0.1, -0.05) is 12.1 Å². The highest BCUT2D eigenvalue weighted by Crippen LogP contribution is 2.21. The number of anilines is 1. The second-order valence-electron chi connectivity index (χ2n) is 7.21. The zero-order valence-electron chi connectivity index (χ0n) is 16.6. The molecule has 1 aromatic carbocycles. The van der Waals surface area contributed by atoms with E-state index in [9.17, 15) is 4.79 Å². The summed E-state index contributed by atoms with van der Waals surface area (Å²) in [7, 11) is 1.84. The lowest BCUT2D eigenvalue weighted by molar-refractivity contribution is -0.119. The van der Waals surface area contributed by atoms with Crippen LogP contribution in [0.3, 0.4) is 0 Å². The van der Waals surface area contributed by atoms with E-state index in [2.05, 4.69) is 46.4 Å². The smallest absolute Gasteiger partial charge is 0.226 e. The number of guanidine groups is 1. The van der Waals surface area contributed by atoms with Crippen LogP contribution in [0, 0.1) is 0 Å². The SMILES string of the molecule is CCOC1CCN(C(=NC)NCc2ccc(N3CCCCC3=O)cc2)CC1. The number of amides is 1. The van der Waals surface area contributed by atoms with Crippen molar-refractivity contribution in [2.45, 2.75) is 51.7 Å². The van der Waals surface area contributed by atoms with Crippen LogP contribution in [-0.4, -0.2) is 56.2 Å². The molecule has 0 spiro atoms. The highest BCUT2D eigenvalue weighted by molar-refractivity contribution is 5.93. The van der Waals surface area contributed by atoms with Gasteiger partial charge in [0, 0.05) is 51.9 Å². The first-order valence-electron chi connectivity index (χ1n) is 10.2. The summed E-state index contributed by atoms with van der Waals surface area (Å²) in [5.41, 5.74) is 2.19. The van der Waals surface area contributed by atoms with Gasteiger partial charge in [-0.3, -0.25) is 9.79 Å². The second-order valence-corrected chi connectivity index (χ2v) is 7.21. The normalized spacial score (nSPS) is 19.5. The van der Waals surface area contributed by atoms with E-state index in [-0.39, 0.29) is 5.91 Å². The number of hydrogen-bond acceptors (Lipinski definition) is 3. The van der Waals surface area contributed by atoms with Crippen LogP contribution in [0.15, 0.2) is 29.3 Å². The van der Waals surface area contributed by atoms with Crippen molar-refractivity contribution in [1.82, 2.24) is 10.2 Å². The van der Waals surface area contributed by atoms with E-state index in [4.69, 9.17) is 4.74 Å². The Hall–Kier alpha value is -2.08. The molecule has 2 aliphatic rings. The van der Waals surface area contributed by atoms with Gasteiger partial charge in [-0.05, 0) is 50.3 Å². The van der Waals surface area contributed by atoms with Gasteiger partial charge in [0.15, 0.2) is 5.96 Å². The molecule has 1 aromatic rings. The predicted octanol–water partition coefficient (Wildman–Crippen LogP) is 2.78. The van der Waals surface area contributed by atoms with Crippen LogP contribution >= 0.6 is 0 Å². The number of benzene rings is 1. The maximum atomic E-state index is 12.1. The number of carbonyl (C=O) groups is 1. The Kier molecular flexibility index (Phi) is 7.10. The van der Waals surface area contributed by atoms with Crippen molar-refractivity contribution < 1.29 is 9.53 Å². The topological polar surface area (TPSA) is 57.2 Å². The van der Waals surface area contributed by atoms with Crippen LogP contribution < -0.4 is 10.2 Å². The first kappa shape index (κ1) is 19.7. The number of aliphatic imine (C=N–C) groups is 1. The van der Waals surface area contributed by atoms with Gasteiger partial charge in [-0.15, -0.1) is 0 Å². The molecule has 0 unspecified atom stereocenters. The van der Waals surface area contributed by atoms with E-state index >= 15 is 0 Å². The van der Waals surface area contributed by atoms with Crippen molar-refractivity contribution >= 4 is 17.6 Å². The number of ether oxygens (including phenoxy) is 1. The first-order valence-corrected chi connectivity index (χ1v) is 10.2. The Morgan fingerprint density at radius 1 is 1.19 bits per heavy atom. The van der Waals surface area contributed by atoms with Gasteiger partial charge >= 0.3 is 0 Å². The fourth-order valence-electron chi connectivity index (χ4n) is 3.86. The summed E-state index contributed by atoms with van der Waals surface area (Å²) >= 11 is 0. The van der Waals surface area contributed by atoms with E-state index in [1.165, 1.54) is 5.56 Å². The number of piperidine rings is 2. The van der Waals surface area contributed by atoms with Crippen molar-refractivity contribution in [3.8, 4) is 0 Å². The van der Waals surface area contributed by atoms with E-state index < -0.39 is 0 Å². The number of nitrogens with zero attached hydrogens (tertiary/aromatic N) is 3. The minimum Gasteiger partial charge on any atom is -0.378 e. The number of likely N-dealkylation sites (tertiary alicyclic amines) is 1. The van der Waals surface area contributed by atoms with Crippen LogP contribution in [-0.2, 0) is 16.1 Å². The third-order valence-electron chi connectivity index (χ3n) is 5.38. The molecule has 0 saturated carbocycles. The summed E-state index contributed by atoms with van der Waals surface area (Å²) in [6, 6.07) is 8.30. The number of nitrogens with one attached hydrogen (secondary N) is 1. The minimum atomic E-state index is 0.239. The van der Waals surface area contributed by atoms with Gasteiger partial charge in [0.25, 0.3) is 0 Å². The minimum absolute atomic E-state index is 0.239. The molecule has 1 amide bonds. The summed E-state index contributed by atoms with van der Waals surface area (Å²) in [6.07, 6.45) is 5.25. The summed E-state index contributed by atoms with van der Waals surface area (Å²) in [6.45, 7) is 6.35. The van der Waals surface area contributed by atoms with Gasteiger partial charge in [-0.2, -0.15) is 0 Å². The van der Waals surface area contributed by atoms with Crippen LogP contribution in [0.2, 0.25) is 0 Å². The lowest BCUT2D eigenvalue weighted by atomic mass is 10.1. The number of rotatable bonds is 5. The first-order chi connectivity index (χ1) is 13.2. The molecule has 0 aliphatic carbocycles. The van der Waals surface area contributed by atoms with E-state index in [1.54, 1.807) is 0 Å². The van der Waals surface area contributed by atoms with Gasteiger partial charge < -0.3 is 19.9 Å². The molecule has 0 radical (unpaired) electrons. The maximum Gasteiger partial charge on any atom is 0.226 e. The average Bonchev–Trinajstić information content (AvgIpc) is 2.71. The molecule has 6 heteroatoms. The molecule has 2 aliphatic heterocycles. The van der Waals surface area contributed by atoms with Crippen LogP contribution in [0.1, 0.15) is 44.6 Å². The second kappa shape index (κ2) is 9.74. The zero-order valence-corrected chi connectivity index (χ0v) is 16.6. The van der Waals surface area contributed by atoms with Gasteiger partial charge in [-0.25, -0.2) is 0 Å². The third kappa shape index (κ3) is 5.22. The largest absolute Gasteiger partial charge is 0.378 e. The molecule has 0 atom stereocenters. The Bertz CT molecular complexity index is 636. The molecular formula is C21H32N4O2. The van der Waals surface area contributed by atoms with Crippen LogP contribution in [0.4, 0.5) is 5.69 Å². The van der Waals surface area contributed by atoms with Gasteiger partial charge in [0.1, 0.15) is 0 Å². The van der Waals surface area contributed by atoms with Crippen LogP contribution in [0.5, 0.6) is 0 Å². The standard InChI is InChI=1S/C21H32N4O2/c1-3-27-19-11-14-24(15-12-19)21(22-2)23-16-17-7-9-18(10-8-17)25-13-5-4-6-20(25)26/h7-10,19H,3-6,11-16H2,1-2H3,(H,22,23). The van der Waals surface area contributed by atoms with Gasteiger partial charge in [0.2, 0.25) is 5.91 Å². The summed E-state index contributed by atoms with van der Waals surface area (Å²) < 4.78 is 5.73. The lowest BCUT2D eigenvalue weighted by Crippen LogP contribution is -2.46. The highest BCUT2D eigenvalue weighted by atomic mass is 16.5. The summed E-state index contributed by atoms with van der Waals surface area (Å²) in [4.78, 5) is 20.7. The Balaban J connectivity index is 1.51. The van der Waals surface area contributed by atoms with Crippen molar-refractivity contribution in [3.63, 3.8) is 0 Å². The Morgan fingerprint density at radius 3 is 2.56 bits per heavy atom. The van der Waals surface area contributed by atoms with E-state index in [0.717, 1.165) is 70.1 Å². The fourth-order valence-corrected chi connectivity index (χ4v) is 3.86. The molecule has 27 heavy (non-hydrogen) atoms. The molecule has 1 N–H and O–H groups in total. The van der Waals surface area contributed by atoms with E-state index in [1.807, 2.05) is 11.9 Å². The molecule has 0 aromatic heterocycles. The van der Waals surface area contributed by atoms with Crippen molar-refractivity contribution in [1.29, 1.82) is 0 Å². The van der Waals surface area contributed by atoms with Crippen molar-refractivity contribution in [3.05, 3.63) is 29.8 Å². The molecular weight excluding hydrogens is 340 g/mol. The third-order valence-corrected chi connectivity index (χ3v) is 5.38. The Morgan fingerprint density at radius 2 is 1.93 bits per heavy atom. The summed E-state index contributed by atoms with van der Waals surface area (Å²) in [5, 5.41) is 3.46. The molecule has 2 saturated heterocycles. The average molecular weight is 373 g/mol.